The van der Waals surface area contributed by atoms with Gasteiger partial charge in [-0.2, -0.15) is 0 Å². The summed E-state index contributed by atoms with van der Waals surface area (Å²) in [7, 11) is 0. The molecule has 0 saturated heterocycles. The molecule has 122 valence electrons. The summed E-state index contributed by atoms with van der Waals surface area (Å²) in [5.41, 5.74) is 0. The fourth-order valence-corrected chi connectivity index (χ4v) is 2.53. The van der Waals surface area contributed by atoms with E-state index in [4.69, 9.17) is 0 Å². The predicted octanol–water partition coefficient (Wildman–Crippen LogP) is 4.35. The molecule has 0 spiro atoms. The van der Waals surface area contributed by atoms with Crippen LogP contribution in [0.4, 0.5) is 5.13 Å². The normalized spacial score (nSPS) is 10.5. The van der Waals surface area contributed by atoms with E-state index in [0.717, 1.165) is 6.42 Å². The number of nitrogens with one attached hydrogen (secondary N) is 1. The van der Waals surface area contributed by atoms with Crippen molar-refractivity contribution in [3.05, 3.63) is 11.1 Å². The standard InChI is InChI=1S/C10H16N2OS.C6H15N/c1-4-5-9(13)12-10-11-6-8(14-10)7(2)3;1-4-7(5-2)6-3/h6-7H,4-5H2,1-3H3,(H,11,12,13);4-6H2,1-3H3. The third-order valence-corrected chi connectivity index (χ3v) is 4.37. The van der Waals surface area contributed by atoms with Crippen LogP contribution >= 0.6 is 11.3 Å². The van der Waals surface area contributed by atoms with Crippen LogP contribution in [-0.2, 0) is 4.79 Å². The molecule has 1 amide bonds. The quantitative estimate of drug-likeness (QED) is 0.814. The van der Waals surface area contributed by atoms with Crippen molar-refractivity contribution in [2.24, 2.45) is 0 Å². The third kappa shape index (κ3) is 8.83. The Labute approximate surface area is 134 Å². The topological polar surface area (TPSA) is 45.2 Å². The van der Waals surface area contributed by atoms with Crippen LogP contribution in [0.2, 0.25) is 0 Å². The van der Waals surface area contributed by atoms with E-state index < -0.39 is 0 Å². The molecule has 0 atom stereocenters. The molecule has 1 N–H and O–H groups in total. The van der Waals surface area contributed by atoms with Crippen molar-refractivity contribution in [2.75, 3.05) is 25.0 Å². The lowest BCUT2D eigenvalue weighted by Crippen LogP contribution is -2.21. The van der Waals surface area contributed by atoms with Crippen LogP contribution in [-0.4, -0.2) is 35.4 Å². The molecule has 1 rings (SSSR count). The van der Waals surface area contributed by atoms with Crippen molar-refractivity contribution in [3.8, 4) is 0 Å². The molecule has 0 bridgehead atoms. The van der Waals surface area contributed by atoms with Crippen molar-refractivity contribution >= 4 is 22.4 Å². The van der Waals surface area contributed by atoms with Crippen LogP contribution in [0.3, 0.4) is 0 Å². The Hall–Kier alpha value is -0.940. The van der Waals surface area contributed by atoms with Crippen LogP contribution < -0.4 is 5.32 Å². The molecule has 0 unspecified atom stereocenters. The van der Waals surface area contributed by atoms with Gasteiger partial charge in [-0.05, 0) is 32.0 Å². The lowest BCUT2D eigenvalue weighted by atomic mass is 10.2. The van der Waals surface area contributed by atoms with E-state index >= 15 is 0 Å². The van der Waals surface area contributed by atoms with E-state index in [1.807, 2.05) is 13.1 Å². The molecule has 0 fully saturated rings. The summed E-state index contributed by atoms with van der Waals surface area (Å²) in [6, 6.07) is 0. The van der Waals surface area contributed by atoms with Gasteiger partial charge in [-0.1, -0.05) is 41.5 Å². The van der Waals surface area contributed by atoms with Crippen LogP contribution in [0.25, 0.3) is 0 Å². The molecule has 0 aliphatic rings. The summed E-state index contributed by atoms with van der Waals surface area (Å²) in [4.78, 5) is 19.0. The summed E-state index contributed by atoms with van der Waals surface area (Å²) < 4.78 is 0. The van der Waals surface area contributed by atoms with E-state index in [-0.39, 0.29) is 5.91 Å². The molecule has 0 saturated carbocycles. The number of anilines is 1. The van der Waals surface area contributed by atoms with Gasteiger partial charge < -0.3 is 10.2 Å². The second-order valence-electron chi connectivity index (χ2n) is 5.14. The van der Waals surface area contributed by atoms with Gasteiger partial charge in [0.25, 0.3) is 0 Å². The van der Waals surface area contributed by atoms with Crippen LogP contribution in [0.15, 0.2) is 6.20 Å². The lowest BCUT2D eigenvalue weighted by molar-refractivity contribution is -0.116. The fraction of sp³-hybridized carbons (Fsp3) is 0.750. The molecule has 1 aromatic heterocycles. The smallest absolute Gasteiger partial charge is 0.226 e. The second kappa shape index (κ2) is 11.7. The Bertz CT molecular complexity index is 381. The van der Waals surface area contributed by atoms with Gasteiger partial charge in [0.15, 0.2) is 5.13 Å². The number of nitrogens with zero attached hydrogens (tertiary/aromatic N) is 2. The monoisotopic (exact) mass is 313 g/mol. The van der Waals surface area contributed by atoms with Gasteiger partial charge in [0.1, 0.15) is 0 Å². The highest BCUT2D eigenvalue weighted by molar-refractivity contribution is 7.15. The summed E-state index contributed by atoms with van der Waals surface area (Å²) in [5, 5.41) is 3.50. The van der Waals surface area contributed by atoms with Crippen LogP contribution in [0, 0.1) is 0 Å². The highest BCUT2D eigenvalue weighted by Gasteiger charge is 2.07. The summed E-state index contributed by atoms with van der Waals surface area (Å²) in [6.07, 6.45) is 3.27. The minimum absolute atomic E-state index is 0.0529. The van der Waals surface area contributed by atoms with Crippen molar-refractivity contribution in [3.63, 3.8) is 0 Å². The number of amides is 1. The van der Waals surface area contributed by atoms with Gasteiger partial charge in [0.2, 0.25) is 5.91 Å². The Balaban J connectivity index is 0.000000486. The lowest BCUT2D eigenvalue weighted by Gasteiger charge is -2.13. The number of aromatic nitrogens is 1. The van der Waals surface area contributed by atoms with Crippen LogP contribution in [0.1, 0.15) is 65.2 Å². The Kier molecular flexibility index (Phi) is 11.2. The third-order valence-electron chi connectivity index (χ3n) is 3.16. The molecule has 4 nitrogen and oxygen atoms in total. The number of hydrogen-bond donors (Lipinski definition) is 1. The highest BCUT2D eigenvalue weighted by atomic mass is 32.1. The summed E-state index contributed by atoms with van der Waals surface area (Å²) in [6.45, 7) is 16.3. The van der Waals surface area contributed by atoms with Crippen molar-refractivity contribution in [1.29, 1.82) is 0 Å². The van der Waals surface area contributed by atoms with E-state index in [0.29, 0.717) is 17.5 Å². The molecule has 0 aliphatic carbocycles. The van der Waals surface area contributed by atoms with Crippen molar-refractivity contribution < 1.29 is 4.79 Å². The second-order valence-corrected chi connectivity index (χ2v) is 6.20. The molecule has 0 radical (unpaired) electrons. The maximum atomic E-state index is 11.2. The number of hydrogen-bond acceptors (Lipinski definition) is 4. The number of thiazole rings is 1. The number of rotatable bonds is 7. The first-order valence-electron chi connectivity index (χ1n) is 7.96. The fourth-order valence-electron chi connectivity index (χ4n) is 1.69. The SMILES string of the molecule is CCCC(=O)Nc1ncc(C(C)C)s1.CCN(CC)CC. The van der Waals surface area contributed by atoms with Crippen LogP contribution in [0.5, 0.6) is 0 Å². The number of carbonyl (C=O) groups is 1. The molecular weight excluding hydrogens is 282 g/mol. The van der Waals surface area contributed by atoms with Gasteiger partial charge in [0.05, 0.1) is 0 Å². The summed E-state index contributed by atoms with van der Waals surface area (Å²) >= 11 is 1.55. The Morgan fingerprint density at radius 3 is 2.14 bits per heavy atom. The zero-order valence-electron chi connectivity index (χ0n) is 14.4. The zero-order chi connectivity index (χ0) is 16.3. The molecule has 0 aromatic carbocycles. The molecular formula is C16H31N3OS. The minimum atomic E-state index is 0.0529. The molecule has 0 aliphatic heterocycles. The van der Waals surface area contributed by atoms with E-state index in [1.54, 1.807) is 11.3 Å². The molecule has 5 heteroatoms. The first kappa shape index (κ1) is 20.1. The molecule has 1 aromatic rings. The maximum Gasteiger partial charge on any atom is 0.226 e. The van der Waals surface area contributed by atoms with Crippen molar-refractivity contribution in [1.82, 2.24) is 9.88 Å². The van der Waals surface area contributed by atoms with Gasteiger partial charge in [-0.3, -0.25) is 4.79 Å². The van der Waals surface area contributed by atoms with Gasteiger partial charge in [-0.15, -0.1) is 11.3 Å². The number of carbonyl (C=O) groups excluding carboxylic acids is 1. The Morgan fingerprint density at radius 2 is 1.81 bits per heavy atom. The minimum Gasteiger partial charge on any atom is -0.304 e. The Morgan fingerprint density at radius 1 is 1.24 bits per heavy atom. The predicted molar refractivity (Wildman–Crippen MR) is 93.2 cm³/mol. The average Bonchev–Trinajstić information content (AvgIpc) is 2.90. The largest absolute Gasteiger partial charge is 0.304 e. The molecule has 21 heavy (non-hydrogen) atoms. The first-order chi connectivity index (χ1) is 9.98. The van der Waals surface area contributed by atoms with Gasteiger partial charge in [-0.25, -0.2) is 4.98 Å². The van der Waals surface area contributed by atoms with Gasteiger partial charge in [0, 0.05) is 17.5 Å². The first-order valence-corrected chi connectivity index (χ1v) is 8.77. The average molecular weight is 314 g/mol. The maximum absolute atomic E-state index is 11.2. The summed E-state index contributed by atoms with van der Waals surface area (Å²) in [5.74, 6) is 0.529. The van der Waals surface area contributed by atoms with E-state index in [1.165, 1.54) is 24.5 Å². The van der Waals surface area contributed by atoms with Crippen molar-refractivity contribution in [2.45, 2.75) is 60.3 Å². The van der Waals surface area contributed by atoms with E-state index in [2.05, 4.69) is 49.8 Å². The van der Waals surface area contributed by atoms with Gasteiger partial charge >= 0.3 is 0 Å². The van der Waals surface area contributed by atoms with E-state index in [9.17, 15) is 4.79 Å². The highest BCUT2D eigenvalue weighted by Crippen LogP contribution is 2.25. The molecule has 1 heterocycles. The zero-order valence-corrected chi connectivity index (χ0v) is 15.2.